The molecule has 0 aromatic carbocycles. The van der Waals surface area contributed by atoms with Crippen LogP contribution in [0.5, 0.6) is 0 Å². The normalized spacial score (nSPS) is 12.3. The van der Waals surface area contributed by atoms with Crippen LogP contribution in [0.25, 0.3) is 0 Å². The second-order valence-electron chi connectivity index (χ2n) is 3.29. The van der Waals surface area contributed by atoms with Crippen molar-refractivity contribution < 1.29 is 40.7 Å². The monoisotopic (exact) mass is 286 g/mol. The predicted octanol–water partition coefficient (Wildman–Crippen LogP) is 2.84. The van der Waals surface area contributed by atoms with E-state index in [1.165, 1.54) is 6.92 Å². The van der Waals surface area contributed by atoms with E-state index in [0.29, 0.717) is 6.07 Å². The molecule has 0 amide bonds. The maximum atomic E-state index is 12.7. The van der Waals surface area contributed by atoms with Gasteiger partial charge in [0.05, 0.1) is 6.61 Å². The number of Topliss-reactive ketones (excluding diaryl/α,β-unsaturated/α-hetero) is 1. The minimum atomic E-state index is -6.04. The van der Waals surface area contributed by atoms with Gasteiger partial charge in [-0.2, -0.15) is 22.0 Å². The van der Waals surface area contributed by atoms with Crippen LogP contribution in [0.3, 0.4) is 0 Å². The molecule has 0 unspecified atom stereocenters. The number of rotatable bonds is 4. The molecule has 0 radical (unpaired) electrons. The van der Waals surface area contributed by atoms with E-state index >= 15 is 0 Å². The molecule has 0 saturated heterocycles. The molecule has 0 aliphatic carbocycles. The van der Waals surface area contributed by atoms with E-state index in [2.05, 4.69) is 9.15 Å². The summed E-state index contributed by atoms with van der Waals surface area (Å²) in [5, 5.41) is 0. The third-order valence-electron chi connectivity index (χ3n) is 1.95. The Bertz CT molecular complexity index is 488. The zero-order valence-corrected chi connectivity index (χ0v) is 9.38. The smallest absolute Gasteiger partial charge is 0.460 e. The Kier molecular flexibility index (Phi) is 3.97. The molecule has 1 rings (SSSR count). The number of esters is 1. The SMILES string of the molecule is CCOC(=O)c1ccc(C(=O)C(F)(F)C(F)(F)F)o1. The highest BCUT2D eigenvalue weighted by molar-refractivity contribution is 6.00. The van der Waals surface area contributed by atoms with Crippen LogP contribution in [0, 0.1) is 0 Å². The summed E-state index contributed by atoms with van der Waals surface area (Å²) in [7, 11) is 0. The lowest BCUT2D eigenvalue weighted by Gasteiger charge is -2.16. The van der Waals surface area contributed by atoms with Gasteiger partial charge < -0.3 is 9.15 Å². The fraction of sp³-hybridized carbons (Fsp3) is 0.400. The fourth-order valence-corrected chi connectivity index (χ4v) is 1.06. The molecule has 1 aromatic rings. The molecule has 1 aromatic heterocycles. The highest BCUT2D eigenvalue weighted by Gasteiger charge is 2.64. The van der Waals surface area contributed by atoms with E-state index in [1.807, 2.05) is 0 Å². The van der Waals surface area contributed by atoms with Gasteiger partial charge in [-0.15, -0.1) is 0 Å². The Balaban J connectivity index is 3.00. The summed E-state index contributed by atoms with van der Waals surface area (Å²) in [4.78, 5) is 22.1. The van der Waals surface area contributed by atoms with Gasteiger partial charge in [-0.1, -0.05) is 0 Å². The molecule has 0 N–H and O–H groups in total. The first-order chi connectivity index (χ1) is 8.61. The number of hydrogen-bond donors (Lipinski definition) is 0. The van der Waals surface area contributed by atoms with Gasteiger partial charge in [0.1, 0.15) is 0 Å². The maximum absolute atomic E-state index is 12.7. The van der Waals surface area contributed by atoms with Crippen molar-refractivity contribution in [3.05, 3.63) is 23.7 Å². The number of hydrogen-bond acceptors (Lipinski definition) is 4. The second kappa shape index (κ2) is 4.98. The van der Waals surface area contributed by atoms with Crippen molar-refractivity contribution >= 4 is 11.8 Å². The number of alkyl halides is 5. The van der Waals surface area contributed by atoms with Gasteiger partial charge in [0.15, 0.2) is 5.76 Å². The Morgan fingerprint density at radius 2 is 1.68 bits per heavy atom. The first kappa shape index (κ1) is 15.1. The van der Waals surface area contributed by atoms with Crippen molar-refractivity contribution in [1.29, 1.82) is 0 Å². The van der Waals surface area contributed by atoms with Crippen molar-refractivity contribution in [2.75, 3.05) is 6.61 Å². The third kappa shape index (κ3) is 2.91. The fourth-order valence-electron chi connectivity index (χ4n) is 1.06. The van der Waals surface area contributed by atoms with Gasteiger partial charge >= 0.3 is 18.1 Å². The summed E-state index contributed by atoms with van der Waals surface area (Å²) in [6.07, 6.45) is -6.04. The molecule has 0 atom stereocenters. The summed E-state index contributed by atoms with van der Waals surface area (Å²) >= 11 is 0. The lowest BCUT2D eigenvalue weighted by molar-refractivity contribution is -0.256. The van der Waals surface area contributed by atoms with Crippen LogP contribution in [-0.2, 0) is 4.74 Å². The van der Waals surface area contributed by atoms with Gasteiger partial charge in [0.2, 0.25) is 5.76 Å². The zero-order valence-electron chi connectivity index (χ0n) is 9.38. The number of ether oxygens (including phenoxy) is 1. The molecule has 0 saturated carbocycles. The molecule has 0 aliphatic rings. The molecular weight excluding hydrogens is 279 g/mol. The molecule has 0 fully saturated rings. The van der Waals surface area contributed by atoms with E-state index in [0.717, 1.165) is 6.07 Å². The lowest BCUT2D eigenvalue weighted by atomic mass is 10.1. The predicted molar refractivity (Wildman–Crippen MR) is 50.0 cm³/mol. The molecule has 106 valence electrons. The Labute approximate surface area is 103 Å². The quantitative estimate of drug-likeness (QED) is 0.485. The summed E-state index contributed by atoms with van der Waals surface area (Å²) < 4.78 is 70.0. The van der Waals surface area contributed by atoms with Gasteiger partial charge in [-0.05, 0) is 19.1 Å². The molecule has 4 nitrogen and oxygen atoms in total. The number of halogens is 5. The van der Waals surface area contributed by atoms with Gasteiger partial charge in [0, 0.05) is 0 Å². The van der Waals surface area contributed by atoms with Crippen LogP contribution in [0.15, 0.2) is 16.5 Å². The zero-order chi connectivity index (χ0) is 14.8. The van der Waals surface area contributed by atoms with E-state index in [4.69, 9.17) is 0 Å². The topological polar surface area (TPSA) is 56.5 Å². The van der Waals surface area contributed by atoms with Crippen molar-refractivity contribution in [3.8, 4) is 0 Å². The first-order valence-corrected chi connectivity index (χ1v) is 4.87. The van der Waals surface area contributed by atoms with Gasteiger partial charge in [-0.3, -0.25) is 4.79 Å². The lowest BCUT2D eigenvalue weighted by Crippen LogP contribution is -2.43. The van der Waals surface area contributed by atoms with Crippen LogP contribution in [0.1, 0.15) is 28.0 Å². The standard InChI is InChI=1S/C10H7F5O4/c1-2-18-8(17)6-4-3-5(19-6)7(16)9(11,12)10(13,14)15/h3-4H,2H2,1H3. The van der Waals surface area contributed by atoms with Crippen LogP contribution in [0.4, 0.5) is 22.0 Å². The van der Waals surface area contributed by atoms with Crippen molar-refractivity contribution in [1.82, 2.24) is 0 Å². The molecule has 0 aliphatic heterocycles. The highest BCUT2D eigenvalue weighted by Crippen LogP contribution is 2.38. The largest absolute Gasteiger partial charge is 0.461 e. The van der Waals surface area contributed by atoms with E-state index in [-0.39, 0.29) is 6.61 Å². The molecule has 19 heavy (non-hydrogen) atoms. The average Bonchev–Trinajstić information content (AvgIpc) is 2.75. The van der Waals surface area contributed by atoms with E-state index in [1.54, 1.807) is 0 Å². The highest BCUT2D eigenvalue weighted by atomic mass is 19.4. The molecule has 0 bridgehead atoms. The van der Waals surface area contributed by atoms with E-state index in [9.17, 15) is 31.5 Å². The van der Waals surface area contributed by atoms with Crippen molar-refractivity contribution in [2.24, 2.45) is 0 Å². The van der Waals surface area contributed by atoms with E-state index < -0.39 is 35.4 Å². The molecular formula is C10H7F5O4. The Morgan fingerprint density at radius 3 is 2.16 bits per heavy atom. The number of carbonyl (C=O) groups is 2. The van der Waals surface area contributed by atoms with Crippen LogP contribution < -0.4 is 0 Å². The summed E-state index contributed by atoms with van der Waals surface area (Å²) in [6.45, 7) is 1.40. The van der Waals surface area contributed by atoms with Crippen molar-refractivity contribution in [3.63, 3.8) is 0 Å². The molecule has 1 heterocycles. The summed E-state index contributed by atoms with van der Waals surface area (Å²) in [5.74, 6) is -11.1. The number of carbonyl (C=O) groups excluding carboxylic acids is 2. The maximum Gasteiger partial charge on any atom is 0.461 e. The van der Waals surface area contributed by atoms with Crippen molar-refractivity contribution in [2.45, 2.75) is 19.0 Å². The van der Waals surface area contributed by atoms with Crippen LogP contribution in [0.2, 0.25) is 0 Å². The summed E-state index contributed by atoms with van der Waals surface area (Å²) in [6, 6.07) is 1.33. The Morgan fingerprint density at radius 1 is 1.16 bits per heavy atom. The van der Waals surface area contributed by atoms with Gasteiger partial charge in [0.25, 0.3) is 5.78 Å². The Hall–Kier alpha value is -1.93. The minimum absolute atomic E-state index is 0.0540. The minimum Gasteiger partial charge on any atom is -0.460 e. The third-order valence-corrected chi connectivity index (χ3v) is 1.95. The van der Waals surface area contributed by atoms with Crippen LogP contribution in [-0.4, -0.2) is 30.5 Å². The summed E-state index contributed by atoms with van der Waals surface area (Å²) in [5.41, 5.74) is 0. The molecule has 9 heteroatoms. The molecule has 0 spiro atoms. The number of ketones is 1. The second-order valence-corrected chi connectivity index (χ2v) is 3.29. The number of furan rings is 1. The average molecular weight is 286 g/mol. The first-order valence-electron chi connectivity index (χ1n) is 4.87. The van der Waals surface area contributed by atoms with Gasteiger partial charge in [-0.25, -0.2) is 4.79 Å². The van der Waals surface area contributed by atoms with Crippen LogP contribution >= 0.6 is 0 Å².